The van der Waals surface area contributed by atoms with Crippen LogP contribution in [0.1, 0.15) is 55.5 Å². The summed E-state index contributed by atoms with van der Waals surface area (Å²) >= 11 is 0. The van der Waals surface area contributed by atoms with Crippen LogP contribution >= 0.6 is 0 Å². The summed E-state index contributed by atoms with van der Waals surface area (Å²) in [6.07, 6.45) is 2.54. The molecule has 1 amide bonds. The van der Waals surface area contributed by atoms with Gasteiger partial charge in [-0.05, 0) is 62.8 Å². The average Bonchev–Trinajstić information content (AvgIpc) is 3.00. The third-order valence-electron chi connectivity index (χ3n) is 6.04. The molecule has 2 aromatic carbocycles. The fraction of sp³-hybridized carbons (Fsp3) is 0.391. The minimum Gasteiger partial charge on any atom is -0.326 e. The van der Waals surface area contributed by atoms with Crippen LogP contribution in [0.2, 0.25) is 0 Å². The lowest BCUT2D eigenvalue weighted by atomic mass is 9.86. The summed E-state index contributed by atoms with van der Waals surface area (Å²) in [5, 5.41) is 2.47. The first-order valence-corrected chi connectivity index (χ1v) is 11.9. The van der Waals surface area contributed by atoms with Crippen molar-refractivity contribution in [2.24, 2.45) is 5.92 Å². The van der Waals surface area contributed by atoms with Gasteiger partial charge in [0.05, 0.1) is 5.25 Å². The van der Waals surface area contributed by atoms with Crippen LogP contribution in [-0.2, 0) is 14.8 Å². The van der Waals surface area contributed by atoms with E-state index < -0.39 is 15.3 Å². The van der Waals surface area contributed by atoms with Gasteiger partial charge < -0.3 is 5.32 Å². The van der Waals surface area contributed by atoms with Crippen molar-refractivity contribution in [3.05, 3.63) is 53.6 Å². The van der Waals surface area contributed by atoms with Gasteiger partial charge in [-0.3, -0.25) is 9.59 Å². The average molecular weight is 427 g/mol. The Labute approximate surface area is 177 Å². The Hall–Kier alpha value is -2.51. The fourth-order valence-corrected chi connectivity index (χ4v) is 5.16. The lowest BCUT2D eigenvalue weighted by Gasteiger charge is -2.28. The molecule has 7 heteroatoms. The van der Waals surface area contributed by atoms with E-state index in [-0.39, 0.29) is 23.7 Å². The van der Waals surface area contributed by atoms with E-state index in [0.717, 1.165) is 11.1 Å². The molecule has 1 fully saturated rings. The number of carbonyl (C=O) groups is 2. The van der Waals surface area contributed by atoms with Crippen LogP contribution in [-0.4, -0.2) is 31.4 Å². The van der Waals surface area contributed by atoms with E-state index in [1.807, 2.05) is 36.4 Å². The monoisotopic (exact) mass is 426 g/mol. The van der Waals surface area contributed by atoms with Crippen LogP contribution in [0.15, 0.2) is 42.5 Å². The van der Waals surface area contributed by atoms with Crippen molar-refractivity contribution < 1.29 is 18.0 Å². The molecule has 2 aliphatic carbocycles. The number of anilines is 1. The van der Waals surface area contributed by atoms with Gasteiger partial charge in [-0.2, -0.15) is 0 Å². The van der Waals surface area contributed by atoms with Crippen molar-refractivity contribution in [3.8, 4) is 11.1 Å². The summed E-state index contributed by atoms with van der Waals surface area (Å²) in [6, 6.07) is 12.9. The Morgan fingerprint density at radius 1 is 0.933 bits per heavy atom. The molecule has 0 aromatic heterocycles. The van der Waals surface area contributed by atoms with Crippen LogP contribution in [0.4, 0.5) is 5.69 Å². The van der Waals surface area contributed by atoms with Crippen molar-refractivity contribution in [1.82, 2.24) is 4.72 Å². The molecule has 0 heterocycles. The van der Waals surface area contributed by atoms with Crippen LogP contribution in [0.5, 0.6) is 0 Å². The summed E-state index contributed by atoms with van der Waals surface area (Å²) in [6.45, 7) is 3.31. The van der Waals surface area contributed by atoms with Gasteiger partial charge in [-0.15, -0.1) is 0 Å². The summed E-state index contributed by atoms with van der Waals surface area (Å²) in [5.41, 5.74) is 3.74. The molecule has 6 nitrogen and oxygen atoms in total. The first-order valence-electron chi connectivity index (χ1n) is 10.4. The SMILES string of the molecule is CC(C)S(=O)(=O)NC1CCC(C(=O)Nc2ccc3c(c2)C(=O)c2ccccc2-3)CC1. The van der Waals surface area contributed by atoms with Crippen molar-refractivity contribution in [2.75, 3.05) is 5.32 Å². The Morgan fingerprint density at radius 3 is 2.23 bits per heavy atom. The van der Waals surface area contributed by atoms with E-state index in [1.165, 1.54) is 0 Å². The van der Waals surface area contributed by atoms with Gasteiger partial charge in [0.15, 0.2) is 5.78 Å². The highest BCUT2D eigenvalue weighted by molar-refractivity contribution is 7.90. The summed E-state index contributed by atoms with van der Waals surface area (Å²) in [5.74, 6) is -0.260. The summed E-state index contributed by atoms with van der Waals surface area (Å²) in [4.78, 5) is 25.4. The number of carbonyl (C=O) groups excluding carboxylic acids is 2. The molecule has 0 atom stereocenters. The zero-order valence-electron chi connectivity index (χ0n) is 17.1. The highest BCUT2D eigenvalue weighted by atomic mass is 32.2. The van der Waals surface area contributed by atoms with Crippen LogP contribution in [0, 0.1) is 5.92 Å². The number of benzene rings is 2. The van der Waals surface area contributed by atoms with E-state index in [2.05, 4.69) is 10.0 Å². The third-order valence-corrected chi connectivity index (χ3v) is 7.95. The molecule has 4 rings (SSSR count). The van der Waals surface area contributed by atoms with E-state index in [1.54, 1.807) is 19.9 Å². The second-order valence-electron chi connectivity index (χ2n) is 8.38. The van der Waals surface area contributed by atoms with Gasteiger partial charge in [0.25, 0.3) is 0 Å². The first-order chi connectivity index (χ1) is 14.3. The highest BCUT2D eigenvalue weighted by Crippen LogP contribution is 2.37. The molecule has 0 saturated heterocycles. The third kappa shape index (κ3) is 3.91. The second kappa shape index (κ2) is 7.96. The Bertz CT molecular complexity index is 1100. The number of hydrogen-bond acceptors (Lipinski definition) is 4. The van der Waals surface area contributed by atoms with Gasteiger partial charge in [-0.25, -0.2) is 13.1 Å². The number of sulfonamides is 1. The van der Waals surface area contributed by atoms with Gasteiger partial charge in [0.1, 0.15) is 0 Å². The number of hydrogen-bond donors (Lipinski definition) is 2. The van der Waals surface area contributed by atoms with Gasteiger partial charge in [-0.1, -0.05) is 30.3 Å². The number of ketones is 1. The molecule has 30 heavy (non-hydrogen) atoms. The maximum absolute atomic E-state index is 12.7. The standard InChI is InChI=1S/C23H26N2O4S/c1-14(2)30(28,29)25-16-9-7-15(8-10-16)23(27)24-17-11-12-19-18-5-3-4-6-20(18)22(26)21(19)13-17/h3-6,11-16,25H,7-10H2,1-2H3,(H,24,27). The minimum absolute atomic E-state index is 0.0188. The van der Waals surface area contributed by atoms with Gasteiger partial charge >= 0.3 is 0 Å². The Kier molecular flexibility index (Phi) is 5.51. The van der Waals surface area contributed by atoms with Crippen molar-refractivity contribution in [2.45, 2.75) is 50.8 Å². The lowest BCUT2D eigenvalue weighted by Crippen LogP contribution is -2.42. The maximum Gasteiger partial charge on any atom is 0.227 e. The van der Waals surface area contributed by atoms with Crippen molar-refractivity contribution >= 4 is 27.4 Å². The minimum atomic E-state index is -3.30. The largest absolute Gasteiger partial charge is 0.326 e. The number of fused-ring (bicyclic) bond motifs is 3. The van der Waals surface area contributed by atoms with Crippen LogP contribution in [0.3, 0.4) is 0 Å². The fourth-order valence-electron chi connectivity index (χ4n) is 4.19. The first kappa shape index (κ1) is 20.8. The quantitative estimate of drug-likeness (QED) is 0.650. The number of rotatable bonds is 5. The van der Waals surface area contributed by atoms with Crippen molar-refractivity contribution in [1.29, 1.82) is 0 Å². The predicted molar refractivity (Wildman–Crippen MR) is 117 cm³/mol. The molecular weight excluding hydrogens is 400 g/mol. The molecule has 0 unspecified atom stereocenters. The normalized spacial score (nSPS) is 20.7. The molecule has 2 N–H and O–H groups in total. The van der Waals surface area contributed by atoms with Crippen LogP contribution < -0.4 is 10.0 Å². The zero-order chi connectivity index (χ0) is 21.5. The molecule has 2 aliphatic rings. The molecule has 0 radical (unpaired) electrons. The predicted octanol–water partition coefficient (Wildman–Crippen LogP) is 3.72. The molecule has 158 valence electrons. The molecular formula is C23H26N2O4S. The van der Waals surface area contributed by atoms with E-state index >= 15 is 0 Å². The molecule has 1 saturated carbocycles. The van der Waals surface area contributed by atoms with E-state index in [9.17, 15) is 18.0 Å². The zero-order valence-corrected chi connectivity index (χ0v) is 18.0. The van der Waals surface area contributed by atoms with Gasteiger partial charge in [0, 0.05) is 28.8 Å². The summed E-state index contributed by atoms with van der Waals surface area (Å²) in [7, 11) is -3.30. The topological polar surface area (TPSA) is 92.3 Å². The number of amides is 1. The van der Waals surface area contributed by atoms with Crippen molar-refractivity contribution in [3.63, 3.8) is 0 Å². The molecule has 0 spiro atoms. The molecule has 0 bridgehead atoms. The Balaban J connectivity index is 1.39. The van der Waals surface area contributed by atoms with E-state index in [0.29, 0.717) is 42.5 Å². The van der Waals surface area contributed by atoms with E-state index in [4.69, 9.17) is 0 Å². The van der Waals surface area contributed by atoms with Gasteiger partial charge in [0.2, 0.25) is 15.9 Å². The lowest BCUT2D eigenvalue weighted by molar-refractivity contribution is -0.120. The highest BCUT2D eigenvalue weighted by Gasteiger charge is 2.30. The second-order valence-corrected chi connectivity index (χ2v) is 10.7. The Morgan fingerprint density at radius 2 is 1.57 bits per heavy atom. The summed E-state index contributed by atoms with van der Waals surface area (Å²) < 4.78 is 26.8. The molecule has 2 aromatic rings. The number of nitrogens with one attached hydrogen (secondary N) is 2. The maximum atomic E-state index is 12.7. The smallest absolute Gasteiger partial charge is 0.227 e. The molecule has 0 aliphatic heterocycles. The van der Waals surface area contributed by atoms with Crippen LogP contribution in [0.25, 0.3) is 11.1 Å².